The first kappa shape index (κ1) is 9.19. The minimum Gasteiger partial charge on any atom is -0.260 e. The summed E-state index contributed by atoms with van der Waals surface area (Å²) >= 11 is 0. The maximum absolute atomic E-state index is 11.3. The van der Waals surface area contributed by atoms with E-state index in [1.54, 1.807) is 0 Å². The van der Waals surface area contributed by atoms with Gasteiger partial charge in [-0.05, 0) is 0 Å². The molecule has 0 saturated heterocycles. The van der Waals surface area contributed by atoms with Gasteiger partial charge in [-0.15, -0.1) is 0 Å². The van der Waals surface area contributed by atoms with Crippen LogP contribution in [0, 0.1) is 0 Å². The molecule has 62 valence electrons. The predicted octanol–water partition coefficient (Wildman–Crippen LogP) is -0.235. The largest absolute Gasteiger partial charge is 0.260 e. The number of aromatic nitrogens is 2. The molecule has 0 saturated carbocycles. The second-order valence-electron chi connectivity index (χ2n) is 2.29. The van der Waals surface area contributed by atoms with Crippen LogP contribution < -0.4 is 0 Å². The molecule has 1 aromatic heterocycles. The van der Waals surface area contributed by atoms with Crippen molar-refractivity contribution >= 4 is 17.7 Å². The molecule has 0 aromatic carbocycles. The summed E-state index contributed by atoms with van der Waals surface area (Å²) in [4.78, 5) is 7.28. The zero-order valence-electron chi connectivity index (χ0n) is 6.51. The SMILES string of the molecule is [B]C(C)S(=O)(=O)c1cnccn1. The molecule has 1 unspecified atom stereocenters. The average Bonchev–Trinajstić information content (AvgIpc) is 2.06. The standard InChI is InChI=1S/C6H7BN2O2S/c1-5(7)12(10,11)6-4-8-2-3-9-6/h2-5H,1H3. The van der Waals surface area contributed by atoms with Crippen molar-refractivity contribution in [2.75, 3.05) is 0 Å². The summed E-state index contributed by atoms with van der Waals surface area (Å²) in [5.41, 5.74) is 0. The summed E-state index contributed by atoms with van der Waals surface area (Å²) in [6, 6.07) is 0. The molecule has 1 rings (SSSR count). The zero-order valence-corrected chi connectivity index (χ0v) is 7.32. The number of rotatable bonds is 2. The van der Waals surface area contributed by atoms with Gasteiger partial charge in [-0.25, -0.2) is 13.4 Å². The minimum atomic E-state index is -3.47. The lowest BCUT2D eigenvalue weighted by molar-refractivity contribution is 0.590. The van der Waals surface area contributed by atoms with Crippen LogP contribution in [-0.4, -0.2) is 31.4 Å². The fourth-order valence-electron chi connectivity index (χ4n) is 0.623. The summed E-state index contributed by atoms with van der Waals surface area (Å²) in [6.07, 6.45) is 3.90. The van der Waals surface area contributed by atoms with Gasteiger partial charge in [0.05, 0.1) is 14.0 Å². The molecule has 1 aromatic rings. The molecule has 2 radical (unpaired) electrons. The first-order chi connectivity index (χ1) is 5.55. The molecule has 0 amide bonds. The normalized spacial score (nSPS) is 14.1. The van der Waals surface area contributed by atoms with Gasteiger partial charge in [-0.1, -0.05) is 6.92 Å². The van der Waals surface area contributed by atoms with E-state index in [1.165, 1.54) is 25.5 Å². The third-order valence-corrected chi connectivity index (χ3v) is 3.09. The van der Waals surface area contributed by atoms with E-state index in [4.69, 9.17) is 7.85 Å². The monoisotopic (exact) mass is 182 g/mol. The highest BCUT2D eigenvalue weighted by Crippen LogP contribution is 2.08. The Morgan fingerprint density at radius 2 is 2.17 bits per heavy atom. The maximum atomic E-state index is 11.3. The summed E-state index contributed by atoms with van der Waals surface area (Å²) in [5.74, 6) is 0. The van der Waals surface area contributed by atoms with E-state index in [1.807, 2.05) is 0 Å². The Labute approximate surface area is 72.4 Å². The molecule has 0 spiro atoms. The molecule has 12 heavy (non-hydrogen) atoms. The van der Waals surface area contributed by atoms with Gasteiger partial charge in [-0.3, -0.25) is 4.98 Å². The average molecular weight is 182 g/mol. The molecular weight excluding hydrogens is 175 g/mol. The Hall–Kier alpha value is -0.905. The molecule has 0 aliphatic rings. The quantitative estimate of drug-likeness (QED) is 0.592. The lowest BCUT2D eigenvalue weighted by Gasteiger charge is -2.04. The molecule has 0 aliphatic heterocycles. The second kappa shape index (κ2) is 3.22. The van der Waals surface area contributed by atoms with Gasteiger partial charge in [0.15, 0.2) is 14.9 Å². The first-order valence-corrected chi connectivity index (χ1v) is 4.85. The molecule has 4 nitrogen and oxygen atoms in total. The number of nitrogens with zero attached hydrogens (tertiary/aromatic N) is 2. The van der Waals surface area contributed by atoms with Crippen LogP contribution >= 0.6 is 0 Å². The van der Waals surface area contributed by atoms with Crippen LogP contribution in [0.1, 0.15) is 6.92 Å². The number of hydrogen-bond acceptors (Lipinski definition) is 4. The Balaban J connectivity index is 3.17. The maximum Gasteiger partial charge on any atom is 0.191 e. The highest BCUT2D eigenvalue weighted by Gasteiger charge is 2.19. The van der Waals surface area contributed by atoms with Crippen molar-refractivity contribution in [3.63, 3.8) is 0 Å². The number of sulfone groups is 1. The third-order valence-electron chi connectivity index (χ3n) is 1.32. The third kappa shape index (κ3) is 1.63. The van der Waals surface area contributed by atoms with Gasteiger partial charge in [0.2, 0.25) is 0 Å². The molecule has 0 aliphatic carbocycles. The molecule has 6 heteroatoms. The first-order valence-electron chi connectivity index (χ1n) is 3.30. The van der Waals surface area contributed by atoms with E-state index in [-0.39, 0.29) is 5.03 Å². The van der Waals surface area contributed by atoms with Crippen LogP contribution in [0.25, 0.3) is 0 Å². The lowest BCUT2D eigenvalue weighted by Crippen LogP contribution is -2.18. The molecule has 1 atom stereocenters. The van der Waals surface area contributed by atoms with E-state index in [0.29, 0.717) is 0 Å². The van der Waals surface area contributed by atoms with Crippen molar-refractivity contribution in [1.29, 1.82) is 0 Å². The highest BCUT2D eigenvalue weighted by molar-refractivity contribution is 7.93. The van der Waals surface area contributed by atoms with Crippen LogP contribution in [0.15, 0.2) is 23.6 Å². The van der Waals surface area contributed by atoms with Crippen molar-refractivity contribution in [2.45, 2.75) is 17.1 Å². The van der Waals surface area contributed by atoms with Crippen LogP contribution in [0.3, 0.4) is 0 Å². The lowest BCUT2D eigenvalue weighted by atomic mass is 10.1. The van der Waals surface area contributed by atoms with Crippen LogP contribution in [0.2, 0.25) is 0 Å². The molecule has 1 heterocycles. The Bertz CT molecular complexity index is 349. The minimum absolute atomic E-state index is 0.0833. The van der Waals surface area contributed by atoms with Gasteiger partial charge in [-0.2, -0.15) is 0 Å². The molecule has 0 N–H and O–H groups in total. The van der Waals surface area contributed by atoms with E-state index in [0.717, 1.165) is 0 Å². The van der Waals surface area contributed by atoms with Crippen molar-refractivity contribution < 1.29 is 8.42 Å². The van der Waals surface area contributed by atoms with E-state index < -0.39 is 15.0 Å². The topological polar surface area (TPSA) is 59.9 Å². The Morgan fingerprint density at radius 1 is 1.50 bits per heavy atom. The van der Waals surface area contributed by atoms with Gasteiger partial charge in [0.25, 0.3) is 0 Å². The summed E-state index contributed by atoms with van der Waals surface area (Å²) in [5, 5.41) is -1.03. The van der Waals surface area contributed by atoms with Gasteiger partial charge in [0, 0.05) is 17.5 Å². The molecule has 0 bridgehead atoms. The zero-order chi connectivity index (χ0) is 9.19. The Morgan fingerprint density at radius 3 is 2.58 bits per heavy atom. The van der Waals surface area contributed by atoms with Gasteiger partial charge in [0.1, 0.15) is 0 Å². The summed E-state index contributed by atoms with van der Waals surface area (Å²) < 4.78 is 22.6. The van der Waals surface area contributed by atoms with E-state index >= 15 is 0 Å². The number of hydrogen-bond donors (Lipinski definition) is 0. The van der Waals surface area contributed by atoms with E-state index in [2.05, 4.69) is 9.97 Å². The highest BCUT2D eigenvalue weighted by atomic mass is 32.2. The van der Waals surface area contributed by atoms with Crippen molar-refractivity contribution in [1.82, 2.24) is 9.97 Å². The molecular formula is C6H7BN2O2S. The van der Waals surface area contributed by atoms with Crippen LogP contribution in [0.4, 0.5) is 0 Å². The smallest absolute Gasteiger partial charge is 0.191 e. The van der Waals surface area contributed by atoms with Crippen molar-refractivity contribution in [2.24, 2.45) is 0 Å². The van der Waals surface area contributed by atoms with Crippen LogP contribution in [-0.2, 0) is 9.84 Å². The predicted molar refractivity (Wildman–Crippen MR) is 44.4 cm³/mol. The van der Waals surface area contributed by atoms with Gasteiger partial charge >= 0.3 is 0 Å². The molecule has 0 fully saturated rings. The van der Waals surface area contributed by atoms with Crippen LogP contribution in [0.5, 0.6) is 0 Å². The van der Waals surface area contributed by atoms with Crippen molar-refractivity contribution in [3.8, 4) is 0 Å². The fraction of sp³-hybridized carbons (Fsp3) is 0.333. The second-order valence-corrected chi connectivity index (χ2v) is 4.55. The van der Waals surface area contributed by atoms with Gasteiger partial charge < -0.3 is 0 Å². The van der Waals surface area contributed by atoms with E-state index in [9.17, 15) is 8.42 Å². The Kier molecular flexibility index (Phi) is 2.47. The summed E-state index contributed by atoms with van der Waals surface area (Å²) in [6.45, 7) is 1.39. The summed E-state index contributed by atoms with van der Waals surface area (Å²) in [7, 11) is 1.77. The van der Waals surface area contributed by atoms with Crippen molar-refractivity contribution in [3.05, 3.63) is 18.6 Å². The fourth-order valence-corrected chi connectivity index (χ4v) is 1.42.